The molecule has 4 nitrogen and oxygen atoms in total. The summed E-state index contributed by atoms with van der Waals surface area (Å²) in [7, 11) is 1.66. The van der Waals surface area contributed by atoms with Gasteiger partial charge in [0.05, 0.1) is 12.8 Å². The first-order chi connectivity index (χ1) is 9.02. The van der Waals surface area contributed by atoms with Crippen molar-refractivity contribution >= 4 is 11.5 Å². The molecule has 1 aromatic rings. The SMILES string of the molecule is COc1ccc(C(=N)N)c(N2CCC(C)CC2C)c1. The number of methoxy groups -OCH3 is 1. The van der Waals surface area contributed by atoms with E-state index in [0.29, 0.717) is 6.04 Å². The minimum Gasteiger partial charge on any atom is -0.497 e. The summed E-state index contributed by atoms with van der Waals surface area (Å²) in [6.07, 6.45) is 2.35. The number of hydrogen-bond acceptors (Lipinski definition) is 3. The minimum absolute atomic E-state index is 0.114. The summed E-state index contributed by atoms with van der Waals surface area (Å²) in [4.78, 5) is 2.35. The Morgan fingerprint density at radius 1 is 1.42 bits per heavy atom. The normalized spacial score (nSPS) is 23.2. The van der Waals surface area contributed by atoms with Crippen LogP contribution in [0.25, 0.3) is 0 Å². The molecule has 1 saturated heterocycles. The predicted molar refractivity (Wildman–Crippen MR) is 79.2 cm³/mol. The Kier molecular flexibility index (Phi) is 3.98. The fourth-order valence-electron chi connectivity index (χ4n) is 2.87. The van der Waals surface area contributed by atoms with Gasteiger partial charge >= 0.3 is 0 Å². The van der Waals surface area contributed by atoms with Crippen LogP contribution >= 0.6 is 0 Å². The fourth-order valence-corrected chi connectivity index (χ4v) is 2.87. The van der Waals surface area contributed by atoms with Crippen LogP contribution in [0.4, 0.5) is 5.69 Å². The summed E-state index contributed by atoms with van der Waals surface area (Å²) in [5, 5.41) is 7.74. The molecule has 1 aliphatic heterocycles. The summed E-state index contributed by atoms with van der Waals surface area (Å²) in [5.74, 6) is 1.69. The van der Waals surface area contributed by atoms with Crippen LogP contribution in [0.2, 0.25) is 0 Å². The van der Waals surface area contributed by atoms with Gasteiger partial charge in [0.2, 0.25) is 0 Å². The monoisotopic (exact) mass is 261 g/mol. The lowest BCUT2D eigenvalue weighted by atomic mass is 9.92. The summed E-state index contributed by atoms with van der Waals surface area (Å²) < 4.78 is 5.30. The van der Waals surface area contributed by atoms with Gasteiger partial charge in [-0.1, -0.05) is 6.92 Å². The molecular weight excluding hydrogens is 238 g/mol. The van der Waals surface area contributed by atoms with E-state index in [4.69, 9.17) is 15.9 Å². The van der Waals surface area contributed by atoms with Crippen molar-refractivity contribution in [2.24, 2.45) is 11.7 Å². The number of ether oxygens (including phenoxy) is 1. The van der Waals surface area contributed by atoms with Gasteiger partial charge in [0.15, 0.2) is 0 Å². The Bertz CT molecular complexity index is 472. The van der Waals surface area contributed by atoms with Crippen molar-refractivity contribution < 1.29 is 4.74 Å². The molecule has 0 spiro atoms. The Balaban J connectivity index is 2.38. The Morgan fingerprint density at radius 2 is 2.16 bits per heavy atom. The highest BCUT2D eigenvalue weighted by atomic mass is 16.5. The van der Waals surface area contributed by atoms with Crippen molar-refractivity contribution in [3.05, 3.63) is 23.8 Å². The molecule has 104 valence electrons. The number of hydrogen-bond donors (Lipinski definition) is 2. The fraction of sp³-hybridized carbons (Fsp3) is 0.533. The lowest BCUT2D eigenvalue weighted by Crippen LogP contribution is -2.41. The van der Waals surface area contributed by atoms with Crippen LogP contribution in [-0.4, -0.2) is 25.5 Å². The second-order valence-corrected chi connectivity index (χ2v) is 5.47. The second-order valence-electron chi connectivity index (χ2n) is 5.47. The van der Waals surface area contributed by atoms with E-state index in [0.717, 1.165) is 29.5 Å². The number of piperidine rings is 1. The summed E-state index contributed by atoms with van der Waals surface area (Å²) >= 11 is 0. The Labute approximate surface area is 115 Å². The van der Waals surface area contributed by atoms with E-state index >= 15 is 0 Å². The number of rotatable bonds is 3. The number of nitrogens with zero attached hydrogens (tertiary/aromatic N) is 1. The predicted octanol–water partition coefficient (Wildman–Crippen LogP) is 2.60. The molecule has 0 bridgehead atoms. The van der Waals surface area contributed by atoms with Gasteiger partial charge in [-0.05, 0) is 37.8 Å². The van der Waals surface area contributed by atoms with Crippen molar-refractivity contribution in [1.82, 2.24) is 0 Å². The Hall–Kier alpha value is -1.71. The molecule has 1 fully saturated rings. The van der Waals surface area contributed by atoms with Crippen molar-refractivity contribution in [3.8, 4) is 5.75 Å². The highest BCUT2D eigenvalue weighted by Crippen LogP contribution is 2.32. The van der Waals surface area contributed by atoms with E-state index in [1.165, 1.54) is 12.8 Å². The van der Waals surface area contributed by atoms with Crippen LogP contribution in [0.5, 0.6) is 5.75 Å². The maximum atomic E-state index is 7.74. The summed E-state index contributed by atoms with van der Waals surface area (Å²) in [5.41, 5.74) is 7.51. The molecule has 1 aliphatic rings. The van der Waals surface area contributed by atoms with Crippen molar-refractivity contribution in [2.45, 2.75) is 32.7 Å². The smallest absolute Gasteiger partial charge is 0.124 e. The van der Waals surface area contributed by atoms with Gasteiger partial charge in [0, 0.05) is 24.2 Å². The largest absolute Gasteiger partial charge is 0.497 e. The molecule has 3 N–H and O–H groups in total. The van der Waals surface area contributed by atoms with E-state index < -0.39 is 0 Å². The highest BCUT2D eigenvalue weighted by molar-refractivity contribution is 6.00. The molecule has 1 heterocycles. The molecule has 0 amide bonds. The number of nitrogen functional groups attached to an aromatic ring is 1. The van der Waals surface area contributed by atoms with E-state index in [1.807, 2.05) is 18.2 Å². The first-order valence-electron chi connectivity index (χ1n) is 6.82. The molecule has 2 unspecified atom stereocenters. The van der Waals surface area contributed by atoms with Crippen LogP contribution in [-0.2, 0) is 0 Å². The standard InChI is InChI=1S/C15H23N3O/c1-10-6-7-18(11(2)8-10)14-9-12(19-3)4-5-13(14)15(16)17/h4-5,9-11H,6-8H2,1-3H3,(H3,16,17). The quantitative estimate of drug-likeness (QED) is 0.649. The molecule has 0 saturated carbocycles. The lowest BCUT2D eigenvalue weighted by Gasteiger charge is -2.39. The van der Waals surface area contributed by atoms with E-state index in [1.54, 1.807) is 7.11 Å². The van der Waals surface area contributed by atoms with Gasteiger partial charge in [-0.2, -0.15) is 0 Å². The molecule has 0 radical (unpaired) electrons. The van der Waals surface area contributed by atoms with Gasteiger partial charge in [-0.3, -0.25) is 5.41 Å². The van der Waals surface area contributed by atoms with Crippen LogP contribution in [0.1, 0.15) is 32.3 Å². The van der Waals surface area contributed by atoms with Gasteiger partial charge in [-0.15, -0.1) is 0 Å². The van der Waals surface area contributed by atoms with Gasteiger partial charge in [0.25, 0.3) is 0 Å². The number of nitrogens with one attached hydrogen (secondary N) is 1. The van der Waals surface area contributed by atoms with Crippen LogP contribution in [0.15, 0.2) is 18.2 Å². The maximum absolute atomic E-state index is 7.74. The van der Waals surface area contributed by atoms with Crippen LogP contribution in [0, 0.1) is 11.3 Å². The minimum atomic E-state index is 0.114. The molecule has 19 heavy (non-hydrogen) atoms. The van der Waals surface area contributed by atoms with Crippen LogP contribution < -0.4 is 15.4 Å². The number of nitrogens with two attached hydrogens (primary N) is 1. The third-order valence-electron chi connectivity index (χ3n) is 3.94. The molecule has 2 atom stereocenters. The zero-order valence-electron chi connectivity index (χ0n) is 11.9. The van der Waals surface area contributed by atoms with Crippen molar-refractivity contribution in [2.75, 3.05) is 18.6 Å². The number of anilines is 1. The average Bonchev–Trinajstić information content (AvgIpc) is 2.38. The molecule has 2 rings (SSSR count). The molecular formula is C15H23N3O. The maximum Gasteiger partial charge on any atom is 0.124 e. The Morgan fingerprint density at radius 3 is 2.74 bits per heavy atom. The summed E-state index contributed by atoms with van der Waals surface area (Å²) in [6, 6.07) is 6.19. The second kappa shape index (κ2) is 5.51. The first kappa shape index (κ1) is 13.7. The van der Waals surface area contributed by atoms with E-state index in [9.17, 15) is 0 Å². The lowest BCUT2D eigenvalue weighted by molar-refractivity contribution is 0.376. The van der Waals surface area contributed by atoms with Crippen molar-refractivity contribution in [1.29, 1.82) is 5.41 Å². The third-order valence-corrected chi connectivity index (χ3v) is 3.94. The topological polar surface area (TPSA) is 62.3 Å². The van der Waals surface area contributed by atoms with Gasteiger partial charge in [0.1, 0.15) is 11.6 Å². The zero-order chi connectivity index (χ0) is 14.0. The molecule has 0 aromatic heterocycles. The third kappa shape index (κ3) is 2.83. The van der Waals surface area contributed by atoms with Gasteiger partial charge < -0.3 is 15.4 Å². The van der Waals surface area contributed by atoms with Gasteiger partial charge in [-0.25, -0.2) is 0 Å². The average molecular weight is 261 g/mol. The van der Waals surface area contributed by atoms with E-state index in [2.05, 4.69) is 18.7 Å². The molecule has 0 aliphatic carbocycles. The van der Waals surface area contributed by atoms with Crippen LogP contribution in [0.3, 0.4) is 0 Å². The van der Waals surface area contributed by atoms with Crippen molar-refractivity contribution in [3.63, 3.8) is 0 Å². The first-order valence-corrected chi connectivity index (χ1v) is 6.82. The number of amidine groups is 1. The molecule has 4 heteroatoms. The number of benzene rings is 1. The zero-order valence-corrected chi connectivity index (χ0v) is 11.9. The molecule has 1 aromatic carbocycles. The van der Waals surface area contributed by atoms with E-state index in [-0.39, 0.29) is 5.84 Å². The summed E-state index contributed by atoms with van der Waals surface area (Å²) in [6.45, 7) is 5.54. The highest BCUT2D eigenvalue weighted by Gasteiger charge is 2.25.